The minimum Gasteiger partial charge on any atom is -0.479 e. The van der Waals surface area contributed by atoms with Crippen LogP contribution in [0.5, 0.6) is 0 Å². The average Bonchev–Trinajstić information content (AvgIpc) is 2.90. The lowest BCUT2D eigenvalue weighted by atomic mass is 10.1. The highest BCUT2D eigenvalue weighted by Gasteiger charge is 2.36. The number of hydrogen-bond acceptors (Lipinski definition) is 4. The van der Waals surface area contributed by atoms with Crippen LogP contribution in [-0.2, 0) is 25.7 Å². The van der Waals surface area contributed by atoms with Gasteiger partial charge < -0.3 is 20.1 Å². The van der Waals surface area contributed by atoms with Gasteiger partial charge in [-0.3, -0.25) is 9.59 Å². The van der Waals surface area contributed by atoms with Gasteiger partial charge in [0, 0.05) is 20.1 Å². The van der Waals surface area contributed by atoms with Gasteiger partial charge in [-0.15, -0.1) is 0 Å². The zero-order valence-electron chi connectivity index (χ0n) is 13.8. The molecule has 1 aliphatic rings. The highest BCUT2D eigenvalue weighted by atomic mass is 16.5. The van der Waals surface area contributed by atoms with Crippen LogP contribution in [0.15, 0.2) is 24.3 Å². The topological polar surface area (TPSA) is 95.9 Å². The van der Waals surface area contributed by atoms with Gasteiger partial charge in [0.2, 0.25) is 11.8 Å². The zero-order valence-corrected chi connectivity index (χ0v) is 13.8. The van der Waals surface area contributed by atoms with Gasteiger partial charge in [-0.1, -0.05) is 29.8 Å². The van der Waals surface area contributed by atoms with Gasteiger partial charge in [-0.05, 0) is 18.9 Å². The van der Waals surface area contributed by atoms with Crippen LogP contribution >= 0.6 is 0 Å². The second kappa shape index (κ2) is 7.92. The minimum absolute atomic E-state index is 0.0720. The van der Waals surface area contributed by atoms with E-state index in [4.69, 9.17) is 9.84 Å². The first kappa shape index (κ1) is 17.9. The number of nitrogens with zero attached hydrogens (tertiary/aromatic N) is 1. The van der Waals surface area contributed by atoms with Gasteiger partial charge in [0.1, 0.15) is 6.04 Å². The molecule has 2 N–H and O–H groups in total. The van der Waals surface area contributed by atoms with Crippen LogP contribution in [0.4, 0.5) is 0 Å². The van der Waals surface area contributed by atoms with Crippen molar-refractivity contribution in [2.45, 2.75) is 38.5 Å². The van der Waals surface area contributed by atoms with E-state index in [0.29, 0.717) is 19.4 Å². The maximum atomic E-state index is 12.3. The second-order valence-electron chi connectivity index (χ2n) is 5.87. The number of benzene rings is 1. The Hall–Kier alpha value is -2.41. The van der Waals surface area contributed by atoms with Gasteiger partial charge in [-0.25, -0.2) is 4.79 Å². The molecule has 130 valence electrons. The summed E-state index contributed by atoms with van der Waals surface area (Å²) in [5.41, 5.74) is 2.08. The number of rotatable bonds is 7. The molecule has 0 saturated carbocycles. The number of ether oxygens (including phenoxy) is 1. The van der Waals surface area contributed by atoms with E-state index in [2.05, 4.69) is 5.32 Å². The quantitative estimate of drug-likeness (QED) is 0.765. The van der Waals surface area contributed by atoms with Crippen molar-refractivity contribution in [1.29, 1.82) is 0 Å². The van der Waals surface area contributed by atoms with E-state index in [9.17, 15) is 14.4 Å². The second-order valence-corrected chi connectivity index (χ2v) is 5.87. The first-order chi connectivity index (χ1) is 11.4. The summed E-state index contributed by atoms with van der Waals surface area (Å²) in [6.45, 7) is 2.22. The molecule has 0 radical (unpaired) electrons. The Kier molecular flexibility index (Phi) is 5.92. The number of methoxy groups -OCH3 is 1. The van der Waals surface area contributed by atoms with Crippen LogP contribution in [0, 0.1) is 6.92 Å². The van der Waals surface area contributed by atoms with Gasteiger partial charge in [0.15, 0.2) is 6.10 Å². The Morgan fingerprint density at radius 3 is 2.62 bits per heavy atom. The van der Waals surface area contributed by atoms with Crippen LogP contribution in [0.25, 0.3) is 0 Å². The average molecular weight is 334 g/mol. The van der Waals surface area contributed by atoms with Crippen LogP contribution in [0.2, 0.25) is 0 Å². The molecular weight excluding hydrogens is 312 g/mol. The number of nitrogens with one attached hydrogen (secondary N) is 1. The Balaban J connectivity index is 1.99. The van der Waals surface area contributed by atoms with Crippen LogP contribution in [0.1, 0.15) is 24.0 Å². The highest BCUT2D eigenvalue weighted by Crippen LogP contribution is 2.22. The molecule has 0 spiro atoms. The normalized spacial score (nSPS) is 18.5. The molecule has 1 aromatic rings. The minimum atomic E-state index is -1.14. The summed E-state index contributed by atoms with van der Waals surface area (Å²) < 4.78 is 4.78. The third-order valence-electron chi connectivity index (χ3n) is 4.13. The summed E-state index contributed by atoms with van der Waals surface area (Å²) in [5.74, 6) is -1.56. The largest absolute Gasteiger partial charge is 0.479 e. The fourth-order valence-electron chi connectivity index (χ4n) is 2.68. The zero-order chi connectivity index (χ0) is 17.7. The lowest BCUT2D eigenvalue weighted by molar-refractivity contribution is -0.148. The van der Waals surface area contributed by atoms with Crippen molar-refractivity contribution in [2.75, 3.05) is 13.7 Å². The lowest BCUT2D eigenvalue weighted by Gasteiger charge is -2.24. The van der Waals surface area contributed by atoms with Crippen molar-refractivity contribution in [3.05, 3.63) is 35.4 Å². The summed E-state index contributed by atoms with van der Waals surface area (Å²) in [6.07, 6.45) is -0.353. The monoisotopic (exact) mass is 334 g/mol. The third kappa shape index (κ3) is 4.32. The molecule has 7 nitrogen and oxygen atoms in total. The summed E-state index contributed by atoms with van der Waals surface area (Å²) in [5, 5.41) is 11.5. The number of likely N-dealkylation sites (tertiary alicyclic amines) is 1. The summed E-state index contributed by atoms with van der Waals surface area (Å²) in [4.78, 5) is 36.9. The number of carboxylic acid groups (broad SMARTS) is 1. The first-order valence-electron chi connectivity index (χ1n) is 7.80. The standard InChI is InChI=1S/C17H22N2O5/c1-11-3-5-12(6-4-11)10-19-13(7-8-15(19)20)16(21)18-9-14(24-2)17(22)23/h3-6,13-14H,7-10H2,1-2H3,(H,18,21)(H,22,23). The maximum absolute atomic E-state index is 12.3. The van der Waals surface area contributed by atoms with Crippen molar-refractivity contribution in [1.82, 2.24) is 10.2 Å². The molecule has 1 aliphatic heterocycles. The Labute approximate surface area is 140 Å². The van der Waals surface area contributed by atoms with Crippen molar-refractivity contribution < 1.29 is 24.2 Å². The molecule has 1 fully saturated rings. The fourth-order valence-corrected chi connectivity index (χ4v) is 2.68. The van der Waals surface area contributed by atoms with Crippen molar-refractivity contribution >= 4 is 17.8 Å². The van der Waals surface area contributed by atoms with E-state index in [1.807, 2.05) is 31.2 Å². The van der Waals surface area contributed by atoms with Gasteiger partial charge in [-0.2, -0.15) is 0 Å². The Morgan fingerprint density at radius 2 is 2.04 bits per heavy atom. The number of amides is 2. The molecule has 24 heavy (non-hydrogen) atoms. The predicted octanol–water partition coefficient (Wildman–Crippen LogP) is 0.702. The molecule has 2 amide bonds. The molecule has 0 aliphatic carbocycles. The number of hydrogen-bond donors (Lipinski definition) is 2. The van der Waals surface area contributed by atoms with Crippen LogP contribution < -0.4 is 5.32 Å². The maximum Gasteiger partial charge on any atom is 0.334 e. The molecule has 1 aromatic carbocycles. The van der Waals surface area contributed by atoms with Gasteiger partial charge in [0.05, 0.1) is 6.54 Å². The fraction of sp³-hybridized carbons (Fsp3) is 0.471. The SMILES string of the molecule is COC(CNC(=O)C1CCC(=O)N1Cc1ccc(C)cc1)C(=O)O. The van der Waals surface area contributed by atoms with Crippen molar-refractivity contribution in [3.63, 3.8) is 0 Å². The molecule has 2 atom stereocenters. The highest BCUT2D eigenvalue weighted by molar-refractivity contribution is 5.91. The molecule has 2 unspecified atom stereocenters. The molecule has 7 heteroatoms. The number of carboxylic acids is 1. The summed E-state index contributed by atoms with van der Waals surface area (Å²) >= 11 is 0. The van der Waals surface area contributed by atoms with Gasteiger partial charge in [0.25, 0.3) is 0 Å². The molecule has 1 saturated heterocycles. The smallest absolute Gasteiger partial charge is 0.334 e. The van der Waals surface area contributed by atoms with Crippen LogP contribution in [0.3, 0.4) is 0 Å². The number of aliphatic carboxylic acids is 1. The number of carbonyl (C=O) groups is 3. The van der Waals surface area contributed by atoms with E-state index >= 15 is 0 Å². The Bertz CT molecular complexity index is 614. The van der Waals surface area contributed by atoms with E-state index in [1.165, 1.54) is 7.11 Å². The van der Waals surface area contributed by atoms with Gasteiger partial charge >= 0.3 is 5.97 Å². The first-order valence-corrected chi connectivity index (χ1v) is 7.80. The van der Waals surface area contributed by atoms with E-state index < -0.39 is 18.1 Å². The summed E-state index contributed by atoms with van der Waals surface area (Å²) in [7, 11) is 1.27. The van der Waals surface area contributed by atoms with E-state index in [0.717, 1.165) is 11.1 Å². The molecule has 1 heterocycles. The number of aryl methyl sites for hydroxylation is 1. The molecule has 2 rings (SSSR count). The summed E-state index contributed by atoms with van der Waals surface area (Å²) in [6, 6.07) is 7.20. The Morgan fingerprint density at radius 1 is 1.38 bits per heavy atom. The van der Waals surface area contributed by atoms with E-state index in [-0.39, 0.29) is 18.4 Å². The molecular formula is C17H22N2O5. The predicted molar refractivity (Wildman–Crippen MR) is 86.2 cm³/mol. The third-order valence-corrected chi connectivity index (χ3v) is 4.13. The lowest BCUT2D eigenvalue weighted by Crippen LogP contribution is -2.47. The van der Waals surface area contributed by atoms with Crippen LogP contribution in [-0.4, -0.2) is 53.6 Å². The molecule has 0 aromatic heterocycles. The molecule has 0 bridgehead atoms. The van der Waals surface area contributed by atoms with Crippen molar-refractivity contribution in [2.24, 2.45) is 0 Å². The van der Waals surface area contributed by atoms with Crippen molar-refractivity contribution in [3.8, 4) is 0 Å². The van der Waals surface area contributed by atoms with E-state index in [1.54, 1.807) is 4.90 Å². The number of carbonyl (C=O) groups excluding carboxylic acids is 2.